The van der Waals surface area contributed by atoms with Gasteiger partial charge in [-0.3, -0.25) is 20.4 Å². The van der Waals surface area contributed by atoms with Crippen molar-refractivity contribution in [1.82, 2.24) is 10.9 Å². The van der Waals surface area contributed by atoms with Gasteiger partial charge in [-0.1, -0.05) is 18.2 Å². The summed E-state index contributed by atoms with van der Waals surface area (Å²) in [5, 5.41) is 0. The molecule has 0 bridgehead atoms. The number of nitrogens with one attached hydrogen (secondary N) is 2. The van der Waals surface area contributed by atoms with Gasteiger partial charge in [0, 0.05) is 0 Å². The summed E-state index contributed by atoms with van der Waals surface area (Å²) in [6, 6.07) is 10.5. The topological polar surface area (TPSA) is 80.6 Å². The maximum absolute atomic E-state index is 11.8. The summed E-state index contributed by atoms with van der Waals surface area (Å²) in [5.74, 6) is 0.169. The van der Waals surface area contributed by atoms with Crippen LogP contribution in [0.15, 0.2) is 47.1 Å². The first-order chi connectivity index (χ1) is 10.1. The monoisotopic (exact) mass is 288 g/mol. The second kappa shape index (κ2) is 6.60. The molecule has 2 aromatic rings. The van der Waals surface area contributed by atoms with Crippen LogP contribution in [-0.2, 0) is 4.79 Å². The molecule has 0 radical (unpaired) electrons. The molecule has 1 aromatic carbocycles. The van der Waals surface area contributed by atoms with E-state index >= 15 is 0 Å². The van der Waals surface area contributed by atoms with E-state index in [2.05, 4.69) is 10.9 Å². The molecule has 0 aliphatic carbocycles. The molecule has 2 amide bonds. The standard InChI is InChI=1S/C15H16N2O4/c1-10-13(8-9-20-10)15(19)17-16-14(18)11(2)21-12-6-4-3-5-7-12/h3-9,11H,1-2H3,(H,16,18)(H,17,19). The fourth-order valence-corrected chi connectivity index (χ4v) is 1.66. The van der Waals surface area contributed by atoms with Crippen molar-refractivity contribution in [3.05, 3.63) is 54.0 Å². The van der Waals surface area contributed by atoms with Gasteiger partial charge in [-0.2, -0.15) is 0 Å². The fraction of sp³-hybridized carbons (Fsp3) is 0.200. The summed E-state index contributed by atoms with van der Waals surface area (Å²) in [4.78, 5) is 23.6. The van der Waals surface area contributed by atoms with Gasteiger partial charge in [-0.15, -0.1) is 0 Å². The highest BCUT2D eigenvalue weighted by Gasteiger charge is 2.17. The average Bonchev–Trinajstić information content (AvgIpc) is 2.91. The average molecular weight is 288 g/mol. The molecule has 0 fully saturated rings. The van der Waals surface area contributed by atoms with Crippen LogP contribution in [0.2, 0.25) is 0 Å². The number of carbonyl (C=O) groups excluding carboxylic acids is 2. The lowest BCUT2D eigenvalue weighted by Crippen LogP contribution is -2.47. The molecule has 21 heavy (non-hydrogen) atoms. The number of hydrazine groups is 1. The Hall–Kier alpha value is -2.76. The van der Waals surface area contributed by atoms with Gasteiger partial charge in [0.25, 0.3) is 11.8 Å². The van der Waals surface area contributed by atoms with Crippen molar-refractivity contribution in [2.24, 2.45) is 0 Å². The van der Waals surface area contributed by atoms with Crippen molar-refractivity contribution in [3.63, 3.8) is 0 Å². The molecule has 1 unspecified atom stereocenters. The first kappa shape index (κ1) is 14.6. The molecular weight excluding hydrogens is 272 g/mol. The Morgan fingerprint density at radius 3 is 2.48 bits per heavy atom. The van der Waals surface area contributed by atoms with Crippen LogP contribution in [0.4, 0.5) is 0 Å². The van der Waals surface area contributed by atoms with Crippen molar-refractivity contribution in [2.45, 2.75) is 20.0 Å². The third-order valence-electron chi connectivity index (χ3n) is 2.83. The Bertz CT molecular complexity index is 622. The molecule has 110 valence electrons. The van der Waals surface area contributed by atoms with E-state index in [1.165, 1.54) is 12.3 Å². The van der Waals surface area contributed by atoms with E-state index < -0.39 is 17.9 Å². The molecule has 0 aliphatic rings. The van der Waals surface area contributed by atoms with Gasteiger partial charge in [-0.05, 0) is 32.0 Å². The molecule has 1 atom stereocenters. The Kier molecular flexibility index (Phi) is 4.61. The Morgan fingerprint density at radius 1 is 1.14 bits per heavy atom. The van der Waals surface area contributed by atoms with Gasteiger partial charge in [0.1, 0.15) is 11.5 Å². The van der Waals surface area contributed by atoms with Gasteiger partial charge in [-0.25, -0.2) is 0 Å². The highest BCUT2D eigenvalue weighted by atomic mass is 16.5. The van der Waals surface area contributed by atoms with E-state index in [4.69, 9.17) is 9.15 Å². The molecule has 1 heterocycles. The minimum atomic E-state index is -0.738. The highest BCUT2D eigenvalue weighted by molar-refractivity contribution is 5.96. The second-order valence-electron chi connectivity index (χ2n) is 4.41. The molecule has 0 aliphatic heterocycles. The number of hydrogen-bond acceptors (Lipinski definition) is 4. The minimum Gasteiger partial charge on any atom is -0.481 e. The lowest BCUT2D eigenvalue weighted by Gasteiger charge is -2.14. The van der Waals surface area contributed by atoms with Gasteiger partial charge in [0.05, 0.1) is 11.8 Å². The highest BCUT2D eigenvalue weighted by Crippen LogP contribution is 2.11. The smallest absolute Gasteiger partial charge is 0.279 e. The zero-order valence-electron chi connectivity index (χ0n) is 11.8. The van der Waals surface area contributed by atoms with E-state index in [9.17, 15) is 9.59 Å². The van der Waals surface area contributed by atoms with Crippen molar-refractivity contribution in [2.75, 3.05) is 0 Å². The Morgan fingerprint density at radius 2 is 1.86 bits per heavy atom. The third kappa shape index (κ3) is 3.85. The summed E-state index contributed by atoms with van der Waals surface area (Å²) in [7, 11) is 0. The number of benzene rings is 1. The Labute approximate surface area is 122 Å². The second-order valence-corrected chi connectivity index (χ2v) is 4.41. The van der Waals surface area contributed by atoms with E-state index in [0.29, 0.717) is 17.1 Å². The molecule has 2 N–H and O–H groups in total. The molecule has 0 saturated heterocycles. The normalized spacial score (nSPS) is 11.5. The van der Waals surface area contributed by atoms with Crippen molar-refractivity contribution >= 4 is 11.8 Å². The van der Waals surface area contributed by atoms with Crippen molar-refractivity contribution in [3.8, 4) is 5.75 Å². The summed E-state index contributed by atoms with van der Waals surface area (Å²) in [5.41, 5.74) is 4.99. The number of hydrogen-bond donors (Lipinski definition) is 2. The van der Waals surface area contributed by atoms with Crippen LogP contribution in [0.3, 0.4) is 0 Å². The fourth-order valence-electron chi connectivity index (χ4n) is 1.66. The van der Waals surface area contributed by atoms with E-state index in [0.717, 1.165) is 0 Å². The van der Waals surface area contributed by atoms with E-state index in [1.54, 1.807) is 26.0 Å². The van der Waals surface area contributed by atoms with Crippen LogP contribution in [0, 0.1) is 6.92 Å². The molecular formula is C15H16N2O4. The molecule has 0 saturated carbocycles. The van der Waals surface area contributed by atoms with Crippen LogP contribution in [0.25, 0.3) is 0 Å². The quantitative estimate of drug-likeness (QED) is 0.841. The molecule has 6 heteroatoms. The maximum atomic E-state index is 11.8. The van der Waals surface area contributed by atoms with Crippen molar-refractivity contribution in [1.29, 1.82) is 0 Å². The predicted octanol–water partition coefficient (Wildman–Crippen LogP) is 1.82. The predicted molar refractivity (Wildman–Crippen MR) is 75.6 cm³/mol. The largest absolute Gasteiger partial charge is 0.481 e. The number of rotatable bonds is 4. The van der Waals surface area contributed by atoms with Gasteiger partial charge < -0.3 is 9.15 Å². The number of furan rings is 1. The SMILES string of the molecule is Cc1occc1C(=O)NNC(=O)C(C)Oc1ccccc1. The zero-order chi connectivity index (χ0) is 15.2. The van der Waals surface area contributed by atoms with E-state index in [-0.39, 0.29) is 0 Å². The zero-order valence-corrected chi connectivity index (χ0v) is 11.8. The van der Waals surface area contributed by atoms with Crippen molar-refractivity contribution < 1.29 is 18.7 Å². The van der Waals surface area contributed by atoms with Gasteiger partial charge >= 0.3 is 0 Å². The lowest BCUT2D eigenvalue weighted by atomic mass is 10.2. The van der Waals surface area contributed by atoms with Crippen LogP contribution in [0.1, 0.15) is 23.0 Å². The van der Waals surface area contributed by atoms with Crippen LogP contribution >= 0.6 is 0 Å². The van der Waals surface area contributed by atoms with E-state index in [1.807, 2.05) is 18.2 Å². The summed E-state index contributed by atoms with van der Waals surface area (Å²) < 4.78 is 10.5. The molecule has 2 rings (SSSR count). The number of amides is 2. The molecule has 0 spiro atoms. The molecule has 1 aromatic heterocycles. The number of carbonyl (C=O) groups is 2. The number of para-hydroxylation sites is 1. The summed E-state index contributed by atoms with van der Waals surface area (Å²) in [6.07, 6.45) is 0.672. The van der Waals surface area contributed by atoms with Gasteiger partial charge in [0.15, 0.2) is 6.10 Å². The van der Waals surface area contributed by atoms with Crippen LogP contribution < -0.4 is 15.6 Å². The molecule has 6 nitrogen and oxygen atoms in total. The summed E-state index contributed by atoms with van der Waals surface area (Å²) >= 11 is 0. The minimum absolute atomic E-state index is 0.368. The third-order valence-corrected chi connectivity index (χ3v) is 2.83. The Balaban J connectivity index is 1.84. The number of aryl methyl sites for hydroxylation is 1. The maximum Gasteiger partial charge on any atom is 0.279 e. The van der Waals surface area contributed by atoms with Gasteiger partial charge in [0.2, 0.25) is 0 Å². The lowest BCUT2D eigenvalue weighted by molar-refractivity contribution is -0.128. The first-order valence-electron chi connectivity index (χ1n) is 6.44. The van der Waals surface area contributed by atoms with Crippen LogP contribution in [0.5, 0.6) is 5.75 Å². The first-order valence-corrected chi connectivity index (χ1v) is 6.44. The van der Waals surface area contributed by atoms with Crippen LogP contribution in [-0.4, -0.2) is 17.9 Å². The summed E-state index contributed by atoms with van der Waals surface area (Å²) in [6.45, 7) is 3.26. The number of ether oxygens (including phenoxy) is 1.